The van der Waals surface area contributed by atoms with Crippen LogP contribution >= 0.6 is 0 Å². The Hall–Kier alpha value is -0.900. The van der Waals surface area contributed by atoms with E-state index >= 15 is 0 Å². The van der Waals surface area contributed by atoms with Crippen molar-refractivity contribution in [3.05, 3.63) is 35.9 Å². The summed E-state index contributed by atoms with van der Waals surface area (Å²) in [7, 11) is 4.32. The first kappa shape index (κ1) is 16.5. The molecule has 3 unspecified atom stereocenters. The van der Waals surface area contributed by atoms with Gasteiger partial charge in [0.25, 0.3) is 0 Å². The van der Waals surface area contributed by atoms with E-state index in [1.54, 1.807) is 0 Å². The van der Waals surface area contributed by atoms with Gasteiger partial charge in [-0.25, -0.2) is 0 Å². The van der Waals surface area contributed by atoms with E-state index in [0.717, 1.165) is 19.6 Å². The highest BCUT2D eigenvalue weighted by molar-refractivity contribution is 5.20. The minimum atomic E-state index is 0.506. The van der Waals surface area contributed by atoms with Gasteiger partial charge in [-0.15, -0.1) is 0 Å². The monoisotopic (exact) mass is 289 g/mol. The van der Waals surface area contributed by atoms with E-state index in [4.69, 9.17) is 0 Å². The molecule has 1 N–H and O–H groups in total. The lowest BCUT2D eigenvalue weighted by Gasteiger charge is -2.44. The SMILES string of the molecule is CCC1CN(C(C)CCN(C)C)C(c2ccccc2)CN1. The predicted molar refractivity (Wildman–Crippen MR) is 90.6 cm³/mol. The van der Waals surface area contributed by atoms with Crippen molar-refractivity contribution in [1.29, 1.82) is 0 Å². The average molecular weight is 289 g/mol. The van der Waals surface area contributed by atoms with E-state index in [9.17, 15) is 0 Å². The van der Waals surface area contributed by atoms with Gasteiger partial charge in [0.2, 0.25) is 0 Å². The number of nitrogens with zero attached hydrogens (tertiary/aromatic N) is 2. The summed E-state index contributed by atoms with van der Waals surface area (Å²) in [5.74, 6) is 0. The number of piperazine rings is 1. The zero-order valence-electron chi connectivity index (χ0n) is 14.0. The van der Waals surface area contributed by atoms with E-state index in [0.29, 0.717) is 18.1 Å². The molecule has 3 heteroatoms. The van der Waals surface area contributed by atoms with E-state index < -0.39 is 0 Å². The highest BCUT2D eigenvalue weighted by atomic mass is 15.3. The Kier molecular flexibility index (Phi) is 6.22. The minimum Gasteiger partial charge on any atom is -0.311 e. The Labute approximate surface area is 130 Å². The maximum absolute atomic E-state index is 3.71. The van der Waals surface area contributed by atoms with Crippen molar-refractivity contribution < 1.29 is 0 Å². The van der Waals surface area contributed by atoms with Gasteiger partial charge in [-0.2, -0.15) is 0 Å². The van der Waals surface area contributed by atoms with Crippen LogP contribution < -0.4 is 5.32 Å². The molecule has 1 aromatic rings. The van der Waals surface area contributed by atoms with Gasteiger partial charge in [0.15, 0.2) is 0 Å². The quantitative estimate of drug-likeness (QED) is 0.869. The molecule has 0 saturated carbocycles. The van der Waals surface area contributed by atoms with Gasteiger partial charge in [-0.05, 0) is 46.0 Å². The maximum Gasteiger partial charge on any atom is 0.0476 e. The van der Waals surface area contributed by atoms with Crippen LogP contribution in [0.1, 0.15) is 38.3 Å². The first-order chi connectivity index (χ1) is 10.1. The predicted octanol–water partition coefficient (Wildman–Crippen LogP) is 2.75. The second kappa shape index (κ2) is 7.92. The molecule has 1 aliphatic heterocycles. The van der Waals surface area contributed by atoms with Crippen LogP contribution in [0.15, 0.2) is 30.3 Å². The topological polar surface area (TPSA) is 18.5 Å². The lowest BCUT2D eigenvalue weighted by Crippen LogP contribution is -2.55. The van der Waals surface area contributed by atoms with E-state index in [1.165, 1.54) is 18.4 Å². The molecule has 0 bridgehead atoms. The van der Waals surface area contributed by atoms with Crippen LogP contribution in [0.2, 0.25) is 0 Å². The van der Waals surface area contributed by atoms with Crippen LogP contribution in [0.25, 0.3) is 0 Å². The second-order valence-corrected chi connectivity index (χ2v) is 6.58. The molecule has 2 rings (SSSR count). The molecule has 1 aliphatic rings. The molecule has 0 aromatic heterocycles. The second-order valence-electron chi connectivity index (χ2n) is 6.58. The Morgan fingerprint density at radius 1 is 1.29 bits per heavy atom. The van der Waals surface area contributed by atoms with Crippen LogP contribution in [0.4, 0.5) is 0 Å². The van der Waals surface area contributed by atoms with E-state index in [-0.39, 0.29) is 0 Å². The van der Waals surface area contributed by atoms with Gasteiger partial charge in [-0.1, -0.05) is 37.3 Å². The molecule has 3 atom stereocenters. The summed E-state index contributed by atoms with van der Waals surface area (Å²) < 4.78 is 0. The Morgan fingerprint density at radius 3 is 2.62 bits per heavy atom. The largest absolute Gasteiger partial charge is 0.311 e. The molecule has 1 saturated heterocycles. The minimum absolute atomic E-state index is 0.506. The smallest absolute Gasteiger partial charge is 0.0476 e. The molecule has 1 heterocycles. The summed E-state index contributed by atoms with van der Waals surface area (Å²) in [4.78, 5) is 5.00. The fraction of sp³-hybridized carbons (Fsp3) is 0.667. The molecule has 1 aromatic carbocycles. The maximum atomic E-state index is 3.71. The molecule has 0 amide bonds. The molecule has 1 fully saturated rings. The van der Waals surface area contributed by atoms with Gasteiger partial charge in [0.05, 0.1) is 0 Å². The van der Waals surface area contributed by atoms with Crippen LogP contribution in [0.3, 0.4) is 0 Å². The van der Waals surface area contributed by atoms with Crippen LogP contribution in [0, 0.1) is 0 Å². The van der Waals surface area contributed by atoms with Gasteiger partial charge < -0.3 is 10.2 Å². The van der Waals surface area contributed by atoms with Gasteiger partial charge in [-0.3, -0.25) is 4.90 Å². The number of rotatable bonds is 6. The Morgan fingerprint density at radius 2 is 2.00 bits per heavy atom. The van der Waals surface area contributed by atoms with Crippen LogP contribution in [-0.2, 0) is 0 Å². The summed E-state index contributed by atoms with van der Waals surface area (Å²) in [6, 6.07) is 12.7. The van der Waals surface area contributed by atoms with Crippen molar-refractivity contribution >= 4 is 0 Å². The molecule has 21 heavy (non-hydrogen) atoms. The summed E-state index contributed by atoms with van der Waals surface area (Å²) >= 11 is 0. The lowest BCUT2D eigenvalue weighted by molar-refractivity contribution is 0.0795. The number of benzene rings is 1. The summed E-state index contributed by atoms with van der Waals surface area (Å²) in [5, 5.41) is 3.71. The lowest BCUT2D eigenvalue weighted by atomic mass is 9.97. The standard InChI is InChI=1S/C18H31N3/c1-5-17-14-21(15(2)11-12-20(3)4)18(13-19-17)16-9-7-6-8-10-16/h6-10,15,17-19H,5,11-14H2,1-4H3. The Balaban J connectivity index is 2.09. The highest BCUT2D eigenvalue weighted by Crippen LogP contribution is 2.27. The average Bonchev–Trinajstić information content (AvgIpc) is 2.52. The van der Waals surface area contributed by atoms with Crippen molar-refractivity contribution in [1.82, 2.24) is 15.1 Å². The molecule has 118 valence electrons. The fourth-order valence-electron chi connectivity index (χ4n) is 3.20. The molecule has 0 spiro atoms. The van der Waals surface area contributed by atoms with Crippen molar-refractivity contribution in [3.8, 4) is 0 Å². The van der Waals surface area contributed by atoms with Gasteiger partial charge in [0.1, 0.15) is 0 Å². The zero-order valence-corrected chi connectivity index (χ0v) is 14.0. The summed E-state index contributed by atoms with van der Waals surface area (Å²) in [6.07, 6.45) is 2.44. The third-order valence-corrected chi connectivity index (χ3v) is 4.67. The molecule has 3 nitrogen and oxygen atoms in total. The molecular weight excluding hydrogens is 258 g/mol. The van der Waals surface area contributed by atoms with Crippen LogP contribution in [0.5, 0.6) is 0 Å². The fourth-order valence-corrected chi connectivity index (χ4v) is 3.20. The van der Waals surface area contributed by atoms with Crippen molar-refractivity contribution in [2.75, 3.05) is 33.7 Å². The number of hydrogen-bond donors (Lipinski definition) is 1. The molecular formula is C18H31N3. The third-order valence-electron chi connectivity index (χ3n) is 4.67. The zero-order chi connectivity index (χ0) is 15.2. The van der Waals surface area contributed by atoms with Gasteiger partial charge in [0, 0.05) is 31.2 Å². The number of nitrogens with one attached hydrogen (secondary N) is 1. The highest BCUT2D eigenvalue weighted by Gasteiger charge is 2.31. The third kappa shape index (κ3) is 4.53. The van der Waals surface area contributed by atoms with Crippen molar-refractivity contribution in [3.63, 3.8) is 0 Å². The Bertz CT molecular complexity index is 404. The van der Waals surface area contributed by atoms with Gasteiger partial charge >= 0.3 is 0 Å². The summed E-state index contributed by atoms with van der Waals surface area (Å²) in [5.41, 5.74) is 1.44. The normalized spacial score (nSPS) is 25.2. The van der Waals surface area contributed by atoms with E-state index in [2.05, 4.69) is 73.4 Å². The van der Waals surface area contributed by atoms with E-state index in [1.807, 2.05) is 0 Å². The summed E-state index contributed by atoms with van der Waals surface area (Å²) in [6.45, 7) is 8.05. The first-order valence-electron chi connectivity index (χ1n) is 8.30. The molecule has 0 aliphatic carbocycles. The number of hydrogen-bond acceptors (Lipinski definition) is 3. The first-order valence-corrected chi connectivity index (χ1v) is 8.30. The van der Waals surface area contributed by atoms with Crippen molar-refractivity contribution in [2.45, 2.75) is 44.8 Å². The molecule has 0 radical (unpaired) electrons. The van der Waals surface area contributed by atoms with Crippen LogP contribution in [-0.4, -0.2) is 55.6 Å². The van der Waals surface area contributed by atoms with Crippen molar-refractivity contribution in [2.24, 2.45) is 0 Å².